The maximum absolute atomic E-state index is 12.8. The molecule has 0 radical (unpaired) electrons. The van der Waals surface area contributed by atoms with Gasteiger partial charge in [-0.1, -0.05) is 13.8 Å². The van der Waals surface area contributed by atoms with Gasteiger partial charge in [-0.25, -0.2) is 0 Å². The van der Waals surface area contributed by atoms with Gasteiger partial charge < -0.3 is 0 Å². The average Bonchev–Trinajstić information content (AvgIpc) is 2.96. The second kappa shape index (κ2) is 6.29. The van der Waals surface area contributed by atoms with E-state index >= 15 is 0 Å². The van der Waals surface area contributed by atoms with E-state index in [1.54, 1.807) is 12.4 Å². The van der Waals surface area contributed by atoms with Crippen molar-refractivity contribution in [1.82, 2.24) is 9.88 Å². The average molecular weight is 260 g/mol. The van der Waals surface area contributed by atoms with Gasteiger partial charge in [-0.2, -0.15) is 0 Å². The second-order valence-electron chi connectivity index (χ2n) is 5.39. The summed E-state index contributed by atoms with van der Waals surface area (Å²) in [5.41, 5.74) is 0.824. The highest BCUT2D eigenvalue weighted by Crippen LogP contribution is 2.30. The van der Waals surface area contributed by atoms with Crippen LogP contribution in [0.5, 0.6) is 0 Å². The van der Waals surface area contributed by atoms with Crippen LogP contribution < -0.4 is 0 Å². The van der Waals surface area contributed by atoms with Crippen molar-refractivity contribution in [1.29, 1.82) is 0 Å². The molecule has 1 aromatic rings. The molecular weight excluding hydrogens is 236 g/mol. The zero-order chi connectivity index (χ0) is 13.7. The molecule has 0 atom stereocenters. The highest BCUT2D eigenvalue weighted by molar-refractivity contribution is 5.90. The van der Waals surface area contributed by atoms with E-state index in [0.717, 1.165) is 31.5 Å². The topological polar surface area (TPSA) is 33.2 Å². The highest BCUT2D eigenvalue weighted by atomic mass is 16.1. The van der Waals surface area contributed by atoms with Gasteiger partial charge in [-0.05, 0) is 56.5 Å². The van der Waals surface area contributed by atoms with Crippen LogP contribution in [-0.4, -0.2) is 34.3 Å². The van der Waals surface area contributed by atoms with E-state index in [-0.39, 0.29) is 5.54 Å². The molecule has 19 heavy (non-hydrogen) atoms. The molecule has 3 heteroatoms. The fourth-order valence-electron chi connectivity index (χ4n) is 3.26. The quantitative estimate of drug-likeness (QED) is 0.788. The van der Waals surface area contributed by atoms with Crippen LogP contribution in [0.4, 0.5) is 0 Å². The van der Waals surface area contributed by atoms with E-state index in [4.69, 9.17) is 0 Å². The van der Waals surface area contributed by atoms with Crippen LogP contribution in [0.2, 0.25) is 0 Å². The van der Waals surface area contributed by atoms with Gasteiger partial charge in [-0.15, -0.1) is 0 Å². The number of rotatable bonds is 6. The summed E-state index contributed by atoms with van der Waals surface area (Å²) in [6.07, 6.45) is 8.33. The Hall–Kier alpha value is -1.22. The summed E-state index contributed by atoms with van der Waals surface area (Å²) in [6.45, 7) is 6.44. The number of likely N-dealkylation sites (tertiary alicyclic amines) is 1. The van der Waals surface area contributed by atoms with Crippen LogP contribution in [0, 0.1) is 0 Å². The van der Waals surface area contributed by atoms with Crippen molar-refractivity contribution in [2.45, 2.75) is 51.5 Å². The molecule has 0 bridgehead atoms. The van der Waals surface area contributed by atoms with Gasteiger partial charge in [0.25, 0.3) is 0 Å². The number of nitrogens with zero attached hydrogens (tertiary/aromatic N) is 2. The third kappa shape index (κ3) is 2.86. The summed E-state index contributed by atoms with van der Waals surface area (Å²) in [7, 11) is 0. The van der Waals surface area contributed by atoms with Crippen LogP contribution in [0.3, 0.4) is 0 Å². The molecule has 2 rings (SSSR count). The molecule has 1 aromatic heterocycles. The molecule has 0 spiro atoms. The lowest BCUT2D eigenvalue weighted by Gasteiger charge is -2.39. The maximum Gasteiger partial charge on any atom is 0.157 e. The number of hydrogen-bond donors (Lipinski definition) is 0. The van der Waals surface area contributed by atoms with Crippen LogP contribution in [0.15, 0.2) is 24.5 Å². The SMILES string of the molecule is CCC(CC)(C(=O)Cc1ccncc1)N1CCCC1. The summed E-state index contributed by atoms with van der Waals surface area (Å²) < 4.78 is 0. The molecule has 0 unspecified atom stereocenters. The molecule has 0 aromatic carbocycles. The molecule has 1 aliphatic rings. The molecule has 0 aliphatic carbocycles. The number of carbonyl (C=O) groups is 1. The summed E-state index contributed by atoms with van der Waals surface area (Å²) in [5, 5.41) is 0. The van der Waals surface area contributed by atoms with Gasteiger partial charge >= 0.3 is 0 Å². The molecule has 0 amide bonds. The van der Waals surface area contributed by atoms with Crippen molar-refractivity contribution in [2.75, 3.05) is 13.1 Å². The largest absolute Gasteiger partial charge is 0.297 e. The summed E-state index contributed by atoms with van der Waals surface area (Å²) in [6, 6.07) is 3.88. The summed E-state index contributed by atoms with van der Waals surface area (Å²) in [5.74, 6) is 0.366. The highest BCUT2D eigenvalue weighted by Gasteiger charge is 2.41. The van der Waals surface area contributed by atoms with E-state index in [1.165, 1.54) is 12.8 Å². The van der Waals surface area contributed by atoms with E-state index in [1.807, 2.05) is 12.1 Å². The first-order valence-corrected chi connectivity index (χ1v) is 7.40. The maximum atomic E-state index is 12.8. The Balaban J connectivity index is 2.16. The normalized spacial score (nSPS) is 16.7. The Morgan fingerprint density at radius 1 is 1.21 bits per heavy atom. The zero-order valence-electron chi connectivity index (χ0n) is 12.1. The first kappa shape index (κ1) is 14.2. The third-order valence-electron chi connectivity index (χ3n) is 4.51. The standard InChI is InChI=1S/C16H24N2O/c1-3-16(4-2,18-11-5-6-12-18)15(19)13-14-7-9-17-10-8-14/h7-10H,3-6,11-13H2,1-2H3. The van der Waals surface area contributed by atoms with Gasteiger partial charge in [-0.3, -0.25) is 14.7 Å². The first-order chi connectivity index (χ1) is 9.23. The minimum atomic E-state index is -0.250. The van der Waals surface area contributed by atoms with Crippen molar-refractivity contribution in [3.63, 3.8) is 0 Å². The van der Waals surface area contributed by atoms with Crippen molar-refractivity contribution >= 4 is 5.78 Å². The predicted molar refractivity (Wildman–Crippen MR) is 77.1 cm³/mol. The molecule has 2 heterocycles. The molecule has 0 saturated carbocycles. The van der Waals surface area contributed by atoms with Crippen LogP contribution in [-0.2, 0) is 11.2 Å². The lowest BCUT2D eigenvalue weighted by Crippen LogP contribution is -2.53. The molecule has 104 valence electrons. The van der Waals surface area contributed by atoms with Gasteiger partial charge in [0.05, 0.1) is 5.54 Å². The fourth-order valence-corrected chi connectivity index (χ4v) is 3.26. The number of ketones is 1. The Kier molecular flexibility index (Phi) is 4.70. The Morgan fingerprint density at radius 3 is 2.32 bits per heavy atom. The Bertz CT molecular complexity index is 406. The Morgan fingerprint density at radius 2 is 1.79 bits per heavy atom. The van der Waals surface area contributed by atoms with Crippen LogP contribution >= 0.6 is 0 Å². The van der Waals surface area contributed by atoms with E-state index in [0.29, 0.717) is 12.2 Å². The van der Waals surface area contributed by atoms with E-state index in [2.05, 4.69) is 23.7 Å². The first-order valence-electron chi connectivity index (χ1n) is 7.40. The summed E-state index contributed by atoms with van der Waals surface area (Å²) >= 11 is 0. The van der Waals surface area contributed by atoms with Crippen molar-refractivity contribution in [3.05, 3.63) is 30.1 Å². The van der Waals surface area contributed by atoms with Gasteiger partial charge in [0, 0.05) is 18.8 Å². The fraction of sp³-hybridized carbons (Fsp3) is 0.625. The number of Topliss-reactive ketones (excluding diaryl/α,β-unsaturated/α-hetero) is 1. The lowest BCUT2D eigenvalue weighted by molar-refractivity contribution is -0.130. The number of hydrogen-bond acceptors (Lipinski definition) is 3. The minimum absolute atomic E-state index is 0.250. The number of carbonyl (C=O) groups excluding carboxylic acids is 1. The van der Waals surface area contributed by atoms with Crippen molar-refractivity contribution in [3.8, 4) is 0 Å². The minimum Gasteiger partial charge on any atom is -0.297 e. The second-order valence-corrected chi connectivity index (χ2v) is 5.39. The molecule has 3 nitrogen and oxygen atoms in total. The molecular formula is C16H24N2O. The van der Waals surface area contributed by atoms with Gasteiger partial charge in [0.1, 0.15) is 0 Å². The number of pyridine rings is 1. The smallest absolute Gasteiger partial charge is 0.157 e. The Labute approximate surface area is 116 Å². The van der Waals surface area contributed by atoms with E-state index < -0.39 is 0 Å². The third-order valence-corrected chi connectivity index (χ3v) is 4.51. The lowest BCUT2D eigenvalue weighted by atomic mass is 9.83. The van der Waals surface area contributed by atoms with Gasteiger partial charge in [0.15, 0.2) is 5.78 Å². The summed E-state index contributed by atoms with van der Waals surface area (Å²) in [4.78, 5) is 19.2. The molecule has 1 fully saturated rings. The molecule has 0 N–H and O–H groups in total. The van der Waals surface area contributed by atoms with E-state index in [9.17, 15) is 4.79 Å². The monoisotopic (exact) mass is 260 g/mol. The van der Waals surface area contributed by atoms with Crippen molar-refractivity contribution < 1.29 is 4.79 Å². The van der Waals surface area contributed by atoms with Crippen LogP contribution in [0.25, 0.3) is 0 Å². The van der Waals surface area contributed by atoms with Gasteiger partial charge in [0.2, 0.25) is 0 Å². The zero-order valence-corrected chi connectivity index (χ0v) is 12.1. The van der Waals surface area contributed by atoms with Crippen LogP contribution in [0.1, 0.15) is 45.1 Å². The number of aromatic nitrogens is 1. The molecule has 1 aliphatic heterocycles. The van der Waals surface area contributed by atoms with Crippen molar-refractivity contribution in [2.24, 2.45) is 0 Å². The predicted octanol–water partition coefficient (Wildman–Crippen LogP) is 2.85. The molecule has 1 saturated heterocycles.